The number of carbonyl (C=O) groups is 3. The van der Waals surface area contributed by atoms with Crippen molar-refractivity contribution in [1.29, 1.82) is 5.26 Å². The Labute approximate surface area is 183 Å². The third-order valence-electron chi connectivity index (χ3n) is 4.21. The molecule has 2 atom stereocenters. The van der Waals surface area contributed by atoms with Gasteiger partial charge in [0.1, 0.15) is 6.04 Å². The van der Waals surface area contributed by atoms with E-state index in [2.05, 4.69) is 26.1 Å². The molecule has 1 heterocycles. The molecule has 0 bridgehead atoms. The van der Waals surface area contributed by atoms with Gasteiger partial charge in [-0.1, -0.05) is 53.7 Å². The topological polar surface area (TPSA) is 102 Å². The fraction of sp³-hybridized carbons (Fsp3) is 0.714. The molecule has 1 saturated heterocycles. The molecule has 31 heavy (non-hydrogen) atoms. The molecular weight excluding hydrogens is 413 g/mol. The summed E-state index contributed by atoms with van der Waals surface area (Å²) >= 11 is 0. The molecule has 1 fully saturated rings. The van der Waals surface area contributed by atoms with Crippen molar-refractivity contribution in [3.63, 3.8) is 0 Å². The van der Waals surface area contributed by atoms with Crippen LogP contribution in [0, 0.1) is 28.6 Å². The molecule has 0 aromatic heterocycles. The molecule has 2 N–H and O–H groups in total. The summed E-state index contributed by atoms with van der Waals surface area (Å²) in [6.07, 6.45) is -1.12. The van der Waals surface area contributed by atoms with Crippen LogP contribution in [-0.4, -0.2) is 55.0 Å². The first-order valence-electron chi connectivity index (χ1n) is 9.97. The van der Waals surface area contributed by atoms with E-state index in [0.717, 1.165) is 5.92 Å². The van der Waals surface area contributed by atoms with Crippen LogP contribution in [0.25, 0.3) is 0 Å². The number of nitrogens with one attached hydrogen (secondary N) is 2. The lowest BCUT2D eigenvalue weighted by Gasteiger charge is -2.22. The highest BCUT2D eigenvalue weighted by Gasteiger charge is 2.41. The number of likely N-dealkylation sites (tertiary alicyclic amines) is 1. The first-order chi connectivity index (χ1) is 14.1. The third-order valence-corrected chi connectivity index (χ3v) is 4.21. The van der Waals surface area contributed by atoms with E-state index in [4.69, 9.17) is 5.26 Å². The zero-order valence-electron chi connectivity index (χ0n) is 19.3. The van der Waals surface area contributed by atoms with Crippen LogP contribution in [-0.2, 0) is 14.4 Å². The van der Waals surface area contributed by atoms with E-state index in [0.29, 0.717) is 19.5 Å². The van der Waals surface area contributed by atoms with Crippen LogP contribution >= 0.6 is 0 Å². The van der Waals surface area contributed by atoms with Gasteiger partial charge in [0.15, 0.2) is 0 Å². The number of carbonyl (C=O) groups excluding carboxylic acids is 3. The van der Waals surface area contributed by atoms with Crippen molar-refractivity contribution in [3.8, 4) is 6.07 Å². The van der Waals surface area contributed by atoms with E-state index in [1.807, 2.05) is 26.8 Å². The lowest BCUT2D eigenvalue weighted by molar-refractivity contribution is -0.174. The molecule has 1 aliphatic rings. The number of hydrogen-bond acceptors (Lipinski definition) is 4. The summed E-state index contributed by atoms with van der Waals surface area (Å²) in [6.45, 7) is 14.7. The quantitative estimate of drug-likeness (QED) is 0.498. The first kappa shape index (κ1) is 30.6. The number of alkyl halides is 3. The first-order valence-corrected chi connectivity index (χ1v) is 9.97. The highest BCUT2D eigenvalue weighted by Crippen LogP contribution is 2.34. The summed E-state index contributed by atoms with van der Waals surface area (Å²) in [7, 11) is 0. The highest BCUT2D eigenvalue weighted by molar-refractivity contribution is 5.87. The van der Waals surface area contributed by atoms with Gasteiger partial charge >= 0.3 is 12.1 Å². The van der Waals surface area contributed by atoms with Crippen molar-refractivity contribution < 1.29 is 27.6 Å². The van der Waals surface area contributed by atoms with Gasteiger partial charge in [-0.3, -0.25) is 14.4 Å². The third kappa shape index (κ3) is 14.1. The van der Waals surface area contributed by atoms with Crippen molar-refractivity contribution in [1.82, 2.24) is 15.5 Å². The van der Waals surface area contributed by atoms with Crippen LogP contribution in [0.4, 0.5) is 13.2 Å². The SMILES string of the molecule is C/C=C/C(C#N)NC=O.CC(C)C.CC1CN(C(=O)CNC(=O)C(F)(F)F)CC1(C)C. The Kier molecular flexibility index (Phi) is 14.3. The van der Waals surface area contributed by atoms with Crippen LogP contribution in [0.3, 0.4) is 0 Å². The number of nitrogens with zero attached hydrogens (tertiary/aromatic N) is 2. The summed E-state index contributed by atoms with van der Waals surface area (Å²) in [5, 5.41) is 12.2. The molecule has 10 heteroatoms. The zero-order valence-corrected chi connectivity index (χ0v) is 19.3. The predicted molar refractivity (Wildman–Crippen MR) is 113 cm³/mol. The zero-order chi connectivity index (χ0) is 24.8. The normalized spacial score (nSPS) is 18.1. The lowest BCUT2D eigenvalue weighted by atomic mass is 9.84. The molecule has 3 amide bonds. The summed E-state index contributed by atoms with van der Waals surface area (Å²) in [6, 6.07) is 1.40. The summed E-state index contributed by atoms with van der Waals surface area (Å²) < 4.78 is 35.8. The number of nitriles is 1. The predicted octanol–water partition coefficient (Wildman–Crippen LogP) is 3.03. The molecule has 1 aliphatic heterocycles. The van der Waals surface area contributed by atoms with Gasteiger partial charge in [0.25, 0.3) is 0 Å². The number of rotatable bonds is 5. The smallest absolute Gasteiger partial charge is 0.340 e. The molecule has 0 spiro atoms. The molecule has 0 aliphatic carbocycles. The Bertz CT molecular complexity index is 638. The van der Waals surface area contributed by atoms with E-state index in [1.54, 1.807) is 24.4 Å². The molecule has 0 radical (unpaired) electrons. The van der Waals surface area contributed by atoms with Crippen LogP contribution in [0.1, 0.15) is 48.5 Å². The maximum atomic E-state index is 11.9. The molecule has 1 rings (SSSR count). The standard InChI is InChI=1S/C11H17F3N2O2.C6H8N2O.C4H10/c1-7-5-16(6-10(7,2)3)8(17)4-15-9(18)11(12,13)14;1-2-3-6(4-7)8-5-9;1-4(2)3/h7H,4-6H2,1-3H3,(H,15,18);2-3,5-6H,1H3,(H,8,9);4H,1-3H3/b;3-2+;. The molecule has 0 saturated carbocycles. The van der Waals surface area contributed by atoms with E-state index in [-0.39, 0.29) is 11.3 Å². The number of halogens is 3. The van der Waals surface area contributed by atoms with Crippen LogP contribution in [0.5, 0.6) is 0 Å². The highest BCUT2D eigenvalue weighted by atomic mass is 19.4. The maximum Gasteiger partial charge on any atom is 0.471 e. The van der Waals surface area contributed by atoms with Crippen molar-refractivity contribution in [2.24, 2.45) is 17.3 Å². The van der Waals surface area contributed by atoms with E-state index < -0.39 is 30.6 Å². The Morgan fingerprint density at radius 2 is 1.81 bits per heavy atom. The Hall–Kier alpha value is -2.57. The minimum absolute atomic E-state index is 0.0519. The maximum absolute atomic E-state index is 11.9. The van der Waals surface area contributed by atoms with Gasteiger partial charge in [-0.05, 0) is 24.2 Å². The Balaban J connectivity index is 0. The van der Waals surface area contributed by atoms with Gasteiger partial charge < -0.3 is 15.5 Å². The van der Waals surface area contributed by atoms with E-state index in [1.165, 1.54) is 4.90 Å². The number of amides is 3. The Morgan fingerprint density at radius 1 is 1.29 bits per heavy atom. The van der Waals surface area contributed by atoms with Crippen LogP contribution in [0.15, 0.2) is 12.2 Å². The molecule has 0 aromatic rings. The minimum Gasteiger partial charge on any atom is -0.340 e. The fourth-order valence-electron chi connectivity index (χ4n) is 2.25. The van der Waals surface area contributed by atoms with Crippen LogP contribution < -0.4 is 10.6 Å². The second-order valence-corrected chi connectivity index (χ2v) is 8.49. The van der Waals surface area contributed by atoms with Crippen molar-refractivity contribution >= 4 is 18.2 Å². The van der Waals surface area contributed by atoms with Gasteiger partial charge in [0.2, 0.25) is 12.3 Å². The van der Waals surface area contributed by atoms with Gasteiger partial charge in [-0.15, -0.1) is 0 Å². The molecule has 178 valence electrons. The fourth-order valence-corrected chi connectivity index (χ4v) is 2.25. The van der Waals surface area contributed by atoms with Gasteiger partial charge in [-0.2, -0.15) is 18.4 Å². The second kappa shape index (κ2) is 14.4. The number of allylic oxidation sites excluding steroid dienone is 1. The van der Waals surface area contributed by atoms with Crippen molar-refractivity contribution in [2.45, 2.75) is 60.7 Å². The van der Waals surface area contributed by atoms with Crippen LogP contribution in [0.2, 0.25) is 0 Å². The summed E-state index contributed by atoms with van der Waals surface area (Å²) in [4.78, 5) is 33.5. The average Bonchev–Trinajstić information content (AvgIpc) is 2.91. The summed E-state index contributed by atoms with van der Waals surface area (Å²) in [5.74, 6) is -1.45. The van der Waals surface area contributed by atoms with Crippen molar-refractivity contribution in [2.75, 3.05) is 19.6 Å². The van der Waals surface area contributed by atoms with E-state index >= 15 is 0 Å². The summed E-state index contributed by atoms with van der Waals surface area (Å²) in [5.41, 5.74) is -0.0519. The van der Waals surface area contributed by atoms with Crippen molar-refractivity contribution in [3.05, 3.63) is 12.2 Å². The van der Waals surface area contributed by atoms with Gasteiger partial charge in [0, 0.05) is 13.1 Å². The van der Waals surface area contributed by atoms with Gasteiger partial charge in [-0.25, -0.2) is 0 Å². The average molecular weight is 449 g/mol. The second-order valence-electron chi connectivity index (χ2n) is 8.49. The van der Waals surface area contributed by atoms with E-state index in [9.17, 15) is 27.6 Å². The Morgan fingerprint density at radius 3 is 2.13 bits per heavy atom. The molecule has 2 unspecified atom stereocenters. The monoisotopic (exact) mass is 448 g/mol. The molecule has 7 nitrogen and oxygen atoms in total. The number of hydrogen-bond donors (Lipinski definition) is 2. The largest absolute Gasteiger partial charge is 0.471 e. The molecule has 0 aromatic carbocycles. The molecular formula is C21H35F3N4O3. The minimum atomic E-state index is -4.95. The van der Waals surface area contributed by atoms with Gasteiger partial charge in [0.05, 0.1) is 12.6 Å². The lowest BCUT2D eigenvalue weighted by Crippen LogP contribution is -2.44.